The third-order valence-electron chi connectivity index (χ3n) is 4.99. The normalized spacial score (nSPS) is 11.0. The third kappa shape index (κ3) is 5.69. The highest BCUT2D eigenvalue weighted by molar-refractivity contribution is 5.98. The highest BCUT2D eigenvalue weighted by atomic mass is 16.5. The van der Waals surface area contributed by atoms with Crippen molar-refractivity contribution in [3.63, 3.8) is 0 Å². The van der Waals surface area contributed by atoms with Crippen LogP contribution in [0, 0.1) is 13.8 Å². The summed E-state index contributed by atoms with van der Waals surface area (Å²) in [5.41, 5.74) is 3.70. The first kappa shape index (κ1) is 21.2. The van der Waals surface area contributed by atoms with E-state index < -0.39 is 0 Å². The summed E-state index contributed by atoms with van der Waals surface area (Å²) in [6.07, 6.45) is 9.51. The molecule has 0 aliphatic carbocycles. The molecule has 148 valence electrons. The van der Waals surface area contributed by atoms with Gasteiger partial charge in [-0.2, -0.15) is 5.10 Å². The summed E-state index contributed by atoms with van der Waals surface area (Å²) in [4.78, 5) is 13.1. The van der Waals surface area contributed by atoms with Crippen LogP contribution < -0.4 is 4.74 Å². The van der Waals surface area contributed by atoms with Gasteiger partial charge in [0.25, 0.3) is 5.91 Å². The molecular weight excluding hydrogens is 336 g/mol. The monoisotopic (exact) mass is 370 g/mol. The number of carbonyl (C=O) groups is 1. The molecule has 0 saturated heterocycles. The second-order valence-electron chi connectivity index (χ2n) is 7.23. The standard InChI is InChI=1S/C23H34N2O2/c1-5-7-8-9-10-11-14-20-18(3)24-25(19(20)4)23(26)21-15-12-13-16-22(21)27-17-6-2/h12-13,15-16H,5-11,14,17H2,1-4H3. The number of benzene rings is 1. The Labute approximate surface area is 163 Å². The lowest BCUT2D eigenvalue weighted by Gasteiger charge is -2.11. The summed E-state index contributed by atoms with van der Waals surface area (Å²) >= 11 is 0. The van der Waals surface area contributed by atoms with Crippen molar-refractivity contribution in [1.29, 1.82) is 0 Å². The zero-order chi connectivity index (χ0) is 19.6. The van der Waals surface area contributed by atoms with Gasteiger partial charge in [0.2, 0.25) is 0 Å². The Bertz CT molecular complexity index is 734. The molecule has 4 heteroatoms. The number of aromatic nitrogens is 2. The van der Waals surface area contributed by atoms with E-state index in [4.69, 9.17) is 4.74 Å². The molecule has 1 heterocycles. The second-order valence-corrected chi connectivity index (χ2v) is 7.23. The van der Waals surface area contributed by atoms with Crippen LogP contribution in [0.25, 0.3) is 0 Å². The van der Waals surface area contributed by atoms with E-state index in [2.05, 4.69) is 18.9 Å². The predicted molar refractivity (Wildman–Crippen MR) is 111 cm³/mol. The van der Waals surface area contributed by atoms with Gasteiger partial charge in [-0.05, 0) is 50.8 Å². The van der Waals surface area contributed by atoms with Crippen molar-refractivity contribution in [3.8, 4) is 5.75 Å². The smallest absolute Gasteiger partial charge is 0.282 e. The first-order valence-corrected chi connectivity index (χ1v) is 10.4. The Morgan fingerprint density at radius 1 is 1.00 bits per heavy atom. The van der Waals surface area contributed by atoms with Crippen molar-refractivity contribution in [1.82, 2.24) is 9.78 Å². The number of para-hydroxylation sites is 1. The molecule has 1 aromatic carbocycles. The summed E-state index contributed by atoms with van der Waals surface area (Å²) in [5, 5.41) is 4.55. The second kappa shape index (κ2) is 10.9. The van der Waals surface area contributed by atoms with Crippen molar-refractivity contribution >= 4 is 5.91 Å². The number of nitrogens with zero attached hydrogens (tertiary/aromatic N) is 2. The van der Waals surface area contributed by atoms with Gasteiger partial charge >= 0.3 is 0 Å². The fourth-order valence-electron chi connectivity index (χ4n) is 3.41. The average molecular weight is 371 g/mol. The first-order valence-electron chi connectivity index (χ1n) is 10.4. The van der Waals surface area contributed by atoms with Crippen molar-refractivity contribution in [3.05, 3.63) is 46.8 Å². The minimum atomic E-state index is -0.114. The summed E-state index contributed by atoms with van der Waals surface area (Å²) in [5.74, 6) is 0.519. The lowest BCUT2D eigenvalue weighted by molar-refractivity contribution is 0.0938. The van der Waals surface area contributed by atoms with Crippen LogP contribution in [0.4, 0.5) is 0 Å². The van der Waals surface area contributed by atoms with Gasteiger partial charge in [-0.1, -0.05) is 58.1 Å². The summed E-state index contributed by atoms with van der Waals surface area (Å²) in [6.45, 7) is 8.90. The van der Waals surface area contributed by atoms with Crippen LogP contribution >= 0.6 is 0 Å². The van der Waals surface area contributed by atoms with Gasteiger partial charge in [0, 0.05) is 5.69 Å². The summed E-state index contributed by atoms with van der Waals surface area (Å²) in [7, 11) is 0. The van der Waals surface area contributed by atoms with Crippen molar-refractivity contribution in [2.45, 2.75) is 79.1 Å². The molecule has 0 aliphatic rings. The maximum absolute atomic E-state index is 13.1. The minimum Gasteiger partial charge on any atom is -0.493 e. The lowest BCUT2D eigenvalue weighted by atomic mass is 10.0. The number of aryl methyl sites for hydroxylation is 1. The lowest BCUT2D eigenvalue weighted by Crippen LogP contribution is -2.17. The molecule has 0 aliphatic heterocycles. The number of carbonyl (C=O) groups excluding carboxylic acids is 1. The quantitative estimate of drug-likeness (QED) is 0.464. The summed E-state index contributed by atoms with van der Waals surface area (Å²) in [6, 6.07) is 7.44. The van der Waals surface area contributed by atoms with E-state index >= 15 is 0 Å². The molecule has 0 spiro atoms. The van der Waals surface area contributed by atoms with Gasteiger partial charge in [0.15, 0.2) is 0 Å². The van der Waals surface area contributed by atoms with E-state index in [1.165, 1.54) is 37.7 Å². The van der Waals surface area contributed by atoms with Crippen LogP contribution in [-0.4, -0.2) is 22.3 Å². The zero-order valence-electron chi connectivity index (χ0n) is 17.4. The molecule has 0 N–H and O–H groups in total. The van der Waals surface area contributed by atoms with Gasteiger partial charge in [-0.3, -0.25) is 4.79 Å². The molecule has 0 unspecified atom stereocenters. The Balaban J connectivity index is 2.10. The predicted octanol–water partition coefficient (Wildman–Crippen LogP) is 5.88. The molecule has 0 saturated carbocycles. The van der Waals surface area contributed by atoms with Gasteiger partial charge in [-0.15, -0.1) is 0 Å². The molecule has 0 amide bonds. The van der Waals surface area contributed by atoms with Crippen LogP contribution in [0.15, 0.2) is 24.3 Å². The minimum absolute atomic E-state index is 0.114. The fourth-order valence-corrected chi connectivity index (χ4v) is 3.41. The van der Waals surface area contributed by atoms with E-state index in [0.717, 1.165) is 30.7 Å². The molecule has 1 aromatic heterocycles. The molecule has 0 radical (unpaired) electrons. The van der Waals surface area contributed by atoms with Crippen LogP contribution in [0.5, 0.6) is 5.75 Å². The zero-order valence-corrected chi connectivity index (χ0v) is 17.4. The Kier molecular flexibility index (Phi) is 8.56. The van der Waals surface area contributed by atoms with Crippen LogP contribution in [0.3, 0.4) is 0 Å². The van der Waals surface area contributed by atoms with E-state index in [9.17, 15) is 4.79 Å². The number of hydrogen-bond donors (Lipinski definition) is 0. The van der Waals surface area contributed by atoms with Crippen molar-refractivity contribution in [2.24, 2.45) is 0 Å². The highest BCUT2D eigenvalue weighted by Gasteiger charge is 2.20. The molecule has 27 heavy (non-hydrogen) atoms. The number of unbranched alkanes of at least 4 members (excludes halogenated alkanes) is 5. The van der Waals surface area contributed by atoms with E-state index in [1.807, 2.05) is 38.1 Å². The molecule has 2 rings (SSSR count). The summed E-state index contributed by atoms with van der Waals surface area (Å²) < 4.78 is 7.31. The van der Waals surface area contributed by atoms with E-state index in [-0.39, 0.29) is 5.91 Å². The maximum atomic E-state index is 13.1. The average Bonchev–Trinajstić information content (AvgIpc) is 2.96. The van der Waals surface area contributed by atoms with Crippen molar-refractivity contribution in [2.75, 3.05) is 6.61 Å². The molecule has 0 atom stereocenters. The molecule has 0 bridgehead atoms. The Morgan fingerprint density at radius 3 is 2.44 bits per heavy atom. The van der Waals surface area contributed by atoms with Crippen LogP contribution in [0.2, 0.25) is 0 Å². The van der Waals surface area contributed by atoms with Crippen LogP contribution in [0.1, 0.15) is 86.1 Å². The first-order chi connectivity index (χ1) is 13.1. The van der Waals surface area contributed by atoms with Gasteiger partial charge < -0.3 is 4.74 Å². The van der Waals surface area contributed by atoms with Crippen molar-refractivity contribution < 1.29 is 9.53 Å². The Hall–Kier alpha value is -2.10. The number of rotatable bonds is 11. The number of hydrogen-bond acceptors (Lipinski definition) is 3. The largest absolute Gasteiger partial charge is 0.493 e. The highest BCUT2D eigenvalue weighted by Crippen LogP contribution is 2.23. The van der Waals surface area contributed by atoms with Gasteiger partial charge in [-0.25, -0.2) is 4.68 Å². The molecule has 0 fully saturated rings. The molecule has 2 aromatic rings. The van der Waals surface area contributed by atoms with Gasteiger partial charge in [0.1, 0.15) is 5.75 Å². The van der Waals surface area contributed by atoms with Crippen LogP contribution in [-0.2, 0) is 6.42 Å². The molecular formula is C23H34N2O2. The SMILES string of the molecule is CCCCCCCCc1c(C)nn(C(=O)c2ccccc2OCCC)c1C. The fraction of sp³-hybridized carbons (Fsp3) is 0.565. The topological polar surface area (TPSA) is 44.1 Å². The van der Waals surface area contributed by atoms with Gasteiger partial charge in [0.05, 0.1) is 17.9 Å². The third-order valence-corrected chi connectivity index (χ3v) is 4.99. The molecule has 4 nitrogen and oxygen atoms in total. The van der Waals surface area contributed by atoms with E-state index in [0.29, 0.717) is 17.9 Å². The maximum Gasteiger partial charge on any atom is 0.282 e. The number of ether oxygens (including phenoxy) is 1. The van der Waals surface area contributed by atoms with E-state index in [1.54, 1.807) is 4.68 Å². The Morgan fingerprint density at radius 2 is 1.70 bits per heavy atom.